The number of ether oxygens (including phenoxy) is 1. The fourth-order valence-electron chi connectivity index (χ4n) is 3.45. The number of aromatic nitrogens is 2. The van der Waals surface area contributed by atoms with E-state index in [4.69, 9.17) is 4.74 Å². The van der Waals surface area contributed by atoms with E-state index in [1.54, 1.807) is 10.5 Å². The van der Waals surface area contributed by atoms with Crippen LogP contribution in [0.4, 0.5) is 0 Å². The van der Waals surface area contributed by atoms with Gasteiger partial charge in [-0.2, -0.15) is 0 Å². The molecule has 0 bridgehead atoms. The molecule has 1 fully saturated rings. The van der Waals surface area contributed by atoms with E-state index in [0.717, 1.165) is 30.1 Å². The minimum Gasteiger partial charge on any atom is -0.487 e. The Morgan fingerprint density at radius 1 is 1.12 bits per heavy atom. The number of para-hydroxylation sites is 1. The Balaban J connectivity index is 1.42. The molecule has 2 aromatic heterocycles. The van der Waals surface area contributed by atoms with E-state index in [0.29, 0.717) is 12.2 Å². The molecule has 0 spiro atoms. The van der Waals surface area contributed by atoms with E-state index in [9.17, 15) is 4.79 Å². The molecule has 0 N–H and O–H groups in total. The van der Waals surface area contributed by atoms with Crippen LogP contribution in [0.5, 0.6) is 5.75 Å². The number of pyridine rings is 1. The van der Waals surface area contributed by atoms with E-state index in [1.165, 1.54) is 11.1 Å². The third-order valence-corrected chi connectivity index (χ3v) is 4.86. The van der Waals surface area contributed by atoms with Gasteiger partial charge in [0.25, 0.3) is 5.56 Å². The molecule has 5 heteroatoms. The monoisotopic (exact) mass is 349 g/mol. The molecule has 0 aliphatic carbocycles. The van der Waals surface area contributed by atoms with Gasteiger partial charge in [0, 0.05) is 31.9 Å². The molecule has 3 heterocycles. The van der Waals surface area contributed by atoms with Gasteiger partial charge in [-0.1, -0.05) is 24.3 Å². The molecule has 5 nitrogen and oxygen atoms in total. The molecule has 1 aliphatic rings. The minimum atomic E-state index is -0.0300. The highest BCUT2D eigenvalue weighted by atomic mass is 16.5. The molecular formula is C21H23N3O2. The number of fused-ring (bicyclic) bond motifs is 1. The average molecular weight is 349 g/mol. The number of nitrogens with zero attached hydrogens (tertiary/aromatic N) is 3. The summed E-state index contributed by atoms with van der Waals surface area (Å²) in [6.07, 6.45) is 2.02. The van der Waals surface area contributed by atoms with E-state index >= 15 is 0 Å². The lowest BCUT2D eigenvalue weighted by molar-refractivity contribution is 0.0130. The summed E-state index contributed by atoms with van der Waals surface area (Å²) in [6, 6.07) is 11.7. The van der Waals surface area contributed by atoms with Crippen molar-refractivity contribution in [3.05, 3.63) is 75.3 Å². The third-order valence-electron chi connectivity index (χ3n) is 4.86. The second-order valence-corrected chi connectivity index (χ2v) is 7.18. The summed E-state index contributed by atoms with van der Waals surface area (Å²) >= 11 is 0. The summed E-state index contributed by atoms with van der Waals surface area (Å²) in [5, 5.41) is 0. The zero-order valence-electron chi connectivity index (χ0n) is 15.4. The van der Waals surface area contributed by atoms with E-state index < -0.39 is 0 Å². The van der Waals surface area contributed by atoms with Crippen molar-refractivity contribution < 1.29 is 4.74 Å². The largest absolute Gasteiger partial charge is 0.487 e. The molecule has 0 radical (unpaired) electrons. The van der Waals surface area contributed by atoms with Gasteiger partial charge in [0.2, 0.25) is 0 Å². The van der Waals surface area contributed by atoms with Crippen molar-refractivity contribution in [2.24, 2.45) is 0 Å². The van der Waals surface area contributed by atoms with Gasteiger partial charge in [0.1, 0.15) is 17.5 Å². The fourth-order valence-corrected chi connectivity index (χ4v) is 3.45. The summed E-state index contributed by atoms with van der Waals surface area (Å²) in [4.78, 5) is 19.2. The van der Waals surface area contributed by atoms with Gasteiger partial charge in [0.05, 0.1) is 5.69 Å². The quantitative estimate of drug-likeness (QED) is 0.727. The van der Waals surface area contributed by atoms with Gasteiger partial charge < -0.3 is 4.74 Å². The molecule has 0 saturated carbocycles. The predicted octanol–water partition coefficient (Wildman–Crippen LogP) is 2.88. The number of aryl methyl sites for hydroxylation is 3. The summed E-state index contributed by atoms with van der Waals surface area (Å²) in [7, 11) is 0. The number of rotatable bonds is 4. The van der Waals surface area contributed by atoms with Crippen LogP contribution in [-0.2, 0) is 6.54 Å². The molecule has 1 saturated heterocycles. The van der Waals surface area contributed by atoms with E-state index in [-0.39, 0.29) is 11.7 Å². The first kappa shape index (κ1) is 16.8. The van der Waals surface area contributed by atoms with Crippen molar-refractivity contribution in [3.8, 4) is 5.75 Å². The first-order valence-corrected chi connectivity index (χ1v) is 8.94. The van der Waals surface area contributed by atoms with Gasteiger partial charge >= 0.3 is 0 Å². The average Bonchev–Trinajstić information content (AvgIpc) is 2.56. The molecule has 1 aliphatic heterocycles. The van der Waals surface area contributed by atoms with Crippen LogP contribution in [0.25, 0.3) is 5.65 Å². The van der Waals surface area contributed by atoms with Crippen LogP contribution in [0.15, 0.2) is 47.4 Å². The SMILES string of the molecule is Cc1ccc2nc(CN3CC(Oc4c(C)cccc4C)C3)cc(=O)n2c1. The van der Waals surface area contributed by atoms with Crippen molar-refractivity contribution in [2.75, 3.05) is 13.1 Å². The van der Waals surface area contributed by atoms with Gasteiger partial charge in [0.15, 0.2) is 0 Å². The van der Waals surface area contributed by atoms with Crippen molar-refractivity contribution in [3.63, 3.8) is 0 Å². The maximum atomic E-state index is 12.3. The van der Waals surface area contributed by atoms with Gasteiger partial charge in [-0.15, -0.1) is 0 Å². The van der Waals surface area contributed by atoms with Crippen LogP contribution >= 0.6 is 0 Å². The Bertz CT molecular complexity index is 999. The standard InChI is InChI=1S/C21H23N3O2/c1-14-7-8-19-22-17(9-20(25)24(19)10-14)11-23-12-18(13-23)26-21-15(2)5-4-6-16(21)3/h4-10,18H,11-13H2,1-3H3. The molecule has 134 valence electrons. The van der Waals surface area contributed by atoms with Crippen LogP contribution < -0.4 is 10.3 Å². The highest BCUT2D eigenvalue weighted by Crippen LogP contribution is 2.26. The van der Waals surface area contributed by atoms with Gasteiger partial charge in [-0.3, -0.25) is 14.1 Å². The van der Waals surface area contributed by atoms with E-state index in [1.807, 2.05) is 25.3 Å². The zero-order valence-corrected chi connectivity index (χ0v) is 15.4. The Morgan fingerprint density at radius 2 is 1.85 bits per heavy atom. The Morgan fingerprint density at radius 3 is 2.58 bits per heavy atom. The maximum absolute atomic E-state index is 12.3. The topological polar surface area (TPSA) is 46.8 Å². The number of hydrogen-bond acceptors (Lipinski definition) is 4. The highest BCUT2D eigenvalue weighted by Gasteiger charge is 2.29. The highest BCUT2D eigenvalue weighted by molar-refractivity contribution is 5.41. The summed E-state index contributed by atoms with van der Waals surface area (Å²) < 4.78 is 7.76. The molecule has 0 amide bonds. The molecular weight excluding hydrogens is 326 g/mol. The van der Waals surface area contributed by atoms with Crippen molar-refractivity contribution in [2.45, 2.75) is 33.4 Å². The Kier molecular flexibility index (Phi) is 4.24. The third kappa shape index (κ3) is 3.22. The van der Waals surface area contributed by atoms with Crippen molar-refractivity contribution in [1.29, 1.82) is 0 Å². The summed E-state index contributed by atoms with van der Waals surface area (Å²) in [5.41, 5.74) is 4.86. The van der Waals surface area contributed by atoms with E-state index in [2.05, 4.69) is 41.9 Å². The number of likely N-dealkylation sites (tertiary alicyclic amines) is 1. The molecule has 3 aromatic rings. The normalized spacial score (nSPS) is 15.2. The van der Waals surface area contributed by atoms with Gasteiger partial charge in [-0.25, -0.2) is 4.98 Å². The first-order valence-electron chi connectivity index (χ1n) is 8.94. The predicted molar refractivity (Wildman–Crippen MR) is 102 cm³/mol. The maximum Gasteiger partial charge on any atom is 0.258 e. The molecule has 26 heavy (non-hydrogen) atoms. The Hall–Kier alpha value is -2.66. The minimum absolute atomic E-state index is 0.0300. The van der Waals surface area contributed by atoms with Crippen LogP contribution in [-0.4, -0.2) is 33.5 Å². The molecule has 0 unspecified atom stereocenters. The first-order chi connectivity index (χ1) is 12.5. The zero-order chi connectivity index (χ0) is 18.3. The van der Waals surface area contributed by atoms with Crippen molar-refractivity contribution >= 4 is 5.65 Å². The second-order valence-electron chi connectivity index (χ2n) is 7.18. The summed E-state index contributed by atoms with van der Waals surface area (Å²) in [5.74, 6) is 0.995. The lowest BCUT2D eigenvalue weighted by Crippen LogP contribution is -2.53. The number of hydrogen-bond donors (Lipinski definition) is 0. The number of benzene rings is 1. The van der Waals surface area contributed by atoms with Crippen LogP contribution in [0.3, 0.4) is 0 Å². The van der Waals surface area contributed by atoms with Crippen LogP contribution in [0, 0.1) is 20.8 Å². The fraction of sp³-hybridized carbons (Fsp3) is 0.333. The second kappa shape index (κ2) is 6.57. The summed E-state index contributed by atoms with van der Waals surface area (Å²) in [6.45, 7) is 8.49. The van der Waals surface area contributed by atoms with Crippen molar-refractivity contribution in [1.82, 2.24) is 14.3 Å². The van der Waals surface area contributed by atoms with Crippen LogP contribution in [0.1, 0.15) is 22.4 Å². The molecule has 4 rings (SSSR count). The lowest BCUT2D eigenvalue weighted by Gasteiger charge is -2.39. The van der Waals surface area contributed by atoms with Crippen LogP contribution in [0.2, 0.25) is 0 Å². The Labute approximate surface area is 152 Å². The smallest absolute Gasteiger partial charge is 0.258 e. The molecule has 0 atom stereocenters. The molecule has 1 aromatic carbocycles. The van der Waals surface area contributed by atoms with Gasteiger partial charge in [-0.05, 0) is 43.5 Å². The lowest BCUT2D eigenvalue weighted by atomic mass is 10.1.